The molecule has 1 N–H and O–H groups in total. The molecule has 0 saturated heterocycles. The van der Waals surface area contributed by atoms with E-state index in [1.165, 1.54) is 6.20 Å². The molecule has 3 rings (SSSR count). The monoisotopic (exact) mass is 312 g/mol. The van der Waals surface area contributed by atoms with E-state index in [0.29, 0.717) is 23.7 Å². The lowest BCUT2D eigenvalue weighted by atomic mass is 10.2. The standard InChI is InChI=1S/C18H21FN4/c1-3-4-10-20-18-17-16(21-13(2)22-18)15(19)12-23(17)11-14-8-6-5-7-9-14/h5-9,12H,3-4,10-11H2,1-2H3,(H,20,21,22). The Hall–Kier alpha value is -2.43. The van der Waals surface area contributed by atoms with E-state index in [1.807, 2.05) is 34.9 Å². The first-order valence-corrected chi connectivity index (χ1v) is 8.00. The van der Waals surface area contributed by atoms with Crippen molar-refractivity contribution in [1.82, 2.24) is 14.5 Å². The number of nitrogens with one attached hydrogen (secondary N) is 1. The fourth-order valence-electron chi connectivity index (χ4n) is 2.68. The van der Waals surface area contributed by atoms with E-state index in [2.05, 4.69) is 22.2 Å². The number of hydrogen-bond donors (Lipinski definition) is 1. The molecule has 0 spiro atoms. The highest BCUT2D eigenvalue weighted by molar-refractivity contribution is 5.87. The van der Waals surface area contributed by atoms with Crippen LogP contribution in [-0.2, 0) is 6.54 Å². The van der Waals surface area contributed by atoms with E-state index in [-0.39, 0.29) is 5.82 Å². The number of benzene rings is 1. The predicted octanol–water partition coefficient (Wildman–Crippen LogP) is 4.14. The highest BCUT2D eigenvalue weighted by atomic mass is 19.1. The number of halogens is 1. The van der Waals surface area contributed by atoms with Gasteiger partial charge >= 0.3 is 0 Å². The first-order chi connectivity index (χ1) is 11.2. The van der Waals surface area contributed by atoms with Crippen LogP contribution in [0.4, 0.5) is 10.2 Å². The molecule has 0 fully saturated rings. The first-order valence-electron chi connectivity index (χ1n) is 8.00. The number of hydrogen-bond acceptors (Lipinski definition) is 3. The van der Waals surface area contributed by atoms with Gasteiger partial charge in [0.2, 0.25) is 0 Å². The molecule has 0 aliphatic rings. The minimum Gasteiger partial charge on any atom is -0.368 e. The number of rotatable bonds is 6. The number of aromatic nitrogens is 3. The quantitative estimate of drug-likeness (QED) is 0.696. The molecule has 5 heteroatoms. The molecule has 0 atom stereocenters. The summed E-state index contributed by atoms with van der Waals surface area (Å²) in [5.74, 6) is 0.980. The van der Waals surface area contributed by atoms with E-state index >= 15 is 0 Å². The fourth-order valence-corrected chi connectivity index (χ4v) is 2.68. The number of anilines is 1. The molecule has 0 bridgehead atoms. The van der Waals surface area contributed by atoms with Gasteiger partial charge in [0, 0.05) is 19.3 Å². The van der Waals surface area contributed by atoms with E-state index < -0.39 is 0 Å². The molecular formula is C18H21FN4. The van der Waals surface area contributed by atoms with E-state index in [9.17, 15) is 4.39 Å². The minimum absolute atomic E-state index is 0.306. The Morgan fingerprint density at radius 3 is 2.70 bits per heavy atom. The first kappa shape index (κ1) is 15.5. The van der Waals surface area contributed by atoms with Gasteiger partial charge in [0.1, 0.15) is 16.9 Å². The fraction of sp³-hybridized carbons (Fsp3) is 0.333. The van der Waals surface area contributed by atoms with Crippen LogP contribution in [0.3, 0.4) is 0 Å². The largest absolute Gasteiger partial charge is 0.368 e. The van der Waals surface area contributed by atoms with Crippen LogP contribution >= 0.6 is 0 Å². The maximum absolute atomic E-state index is 14.3. The molecule has 23 heavy (non-hydrogen) atoms. The molecule has 3 aromatic rings. The van der Waals surface area contributed by atoms with Crippen molar-refractivity contribution in [1.29, 1.82) is 0 Å². The van der Waals surface area contributed by atoms with Crippen LogP contribution in [0.1, 0.15) is 31.2 Å². The molecule has 120 valence electrons. The molecule has 0 aliphatic carbocycles. The number of unbranched alkanes of at least 4 members (excludes halogenated alkanes) is 1. The Balaban J connectivity index is 2.03. The molecule has 0 saturated carbocycles. The van der Waals surface area contributed by atoms with Crippen molar-refractivity contribution in [3.8, 4) is 0 Å². The summed E-state index contributed by atoms with van der Waals surface area (Å²) in [6, 6.07) is 10.0. The van der Waals surface area contributed by atoms with Gasteiger partial charge in [-0.3, -0.25) is 0 Å². The van der Waals surface area contributed by atoms with Crippen LogP contribution in [0.5, 0.6) is 0 Å². The Bertz CT molecular complexity index is 796. The van der Waals surface area contributed by atoms with Gasteiger partial charge < -0.3 is 9.88 Å². The molecule has 2 heterocycles. The van der Waals surface area contributed by atoms with Crippen molar-refractivity contribution < 1.29 is 4.39 Å². The Morgan fingerprint density at radius 2 is 1.96 bits per heavy atom. The van der Waals surface area contributed by atoms with Crippen molar-refractivity contribution in [3.63, 3.8) is 0 Å². The summed E-state index contributed by atoms with van der Waals surface area (Å²) in [7, 11) is 0. The zero-order valence-electron chi connectivity index (χ0n) is 13.5. The average Bonchev–Trinajstić information content (AvgIpc) is 2.84. The third kappa shape index (κ3) is 3.33. The highest BCUT2D eigenvalue weighted by Crippen LogP contribution is 2.25. The number of aryl methyl sites for hydroxylation is 1. The number of nitrogens with zero attached hydrogens (tertiary/aromatic N) is 3. The normalized spacial score (nSPS) is 11.1. The van der Waals surface area contributed by atoms with Crippen LogP contribution in [0.25, 0.3) is 11.0 Å². The van der Waals surface area contributed by atoms with Gasteiger partial charge in [0.15, 0.2) is 11.6 Å². The molecule has 0 aliphatic heterocycles. The Morgan fingerprint density at radius 1 is 1.17 bits per heavy atom. The van der Waals surface area contributed by atoms with Crippen molar-refractivity contribution in [3.05, 3.63) is 53.7 Å². The molecule has 4 nitrogen and oxygen atoms in total. The molecule has 2 aromatic heterocycles. The summed E-state index contributed by atoms with van der Waals surface area (Å²) in [6.45, 7) is 5.34. The van der Waals surface area contributed by atoms with Crippen LogP contribution in [-0.4, -0.2) is 21.1 Å². The van der Waals surface area contributed by atoms with E-state index in [4.69, 9.17) is 0 Å². The van der Waals surface area contributed by atoms with Crippen molar-refractivity contribution in [2.75, 3.05) is 11.9 Å². The topological polar surface area (TPSA) is 42.7 Å². The van der Waals surface area contributed by atoms with Gasteiger partial charge in [-0.1, -0.05) is 43.7 Å². The predicted molar refractivity (Wildman–Crippen MR) is 91.2 cm³/mol. The molecule has 1 aromatic carbocycles. The Labute approximate surface area is 135 Å². The maximum Gasteiger partial charge on any atom is 0.167 e. The third-order valence-electron chi connectivity index (χ3n) is 3.80. The molecule has 0 unspecified atom stereocenters. The molecule has 0 radical (unpaired) electrons. The van der Waals surface area contributed by atoms with Gasteiger partial charge in [-0.25, -0.2) is 14.4 Å². The van der Waals surface area contributed by atoms with E-state index in [1.54, 1.807) is 6.92 Å². The second kappa shape index (κ2) is 6.77. The summed E-state index contributed by atoms with van der Waals surface area (Å²) < 4.78 is 16.2. The highest BCUT2D eigenvalue weighted by Gasteiger charge is 2.16. The Kier molecular flexibility index (Phi) is 4.55. The number of fused-ring (bicyclic) bond motifs is 1. The summed E-state index contributed by atoms with van der Waals surface area (Å²) in [4.78, 5) is 8.76. The lowest BCUT2D eigenvalue weighted by Gasteiger charge is -2.11. The van der Waals surface area contributed by atoms with Crippen LogP contribution in [0.2, 0.25) is 0 Å². The van der Waals surface area contributed by atoms with Crippen LogP contribution < -0.4 is 5.32 Å². The summed E-state index contributed by atoms with van der Waals surface area (Å²) in [5, 5.41) is 3.33. The van der Waals surface area contributed by atoms with Gasteiger partial charge in [0.05, 0.1) is 0 Å². The second-order valence-electron chi connectivity index (χ2n) is 5.69. The van der Waals surface area contributed by atoms with Crippen molar-refractivity contribution >= 4 is 16.9 Å². The molecule has 0 amide bonds. The zero-order chi connectivity index (χ0) is 16.2. The summed E-state index contributed by atoms with van der Waals surface area (Å²) in [6.07, 6.45) is 3.66. The zero-order valence-corrected chi connectivity index (χ0v) is 13.5. The van der Waals surface area contributed by atoms with Crippen LogP contribution in [0, 0.1) is 12.7 Å². The van der Waals surface area contributed by atoms with Crippen molar-refractivity contribution in [2.24, 2.45) is 0 Å². The average molecular weight is 312 g/mol. The summed E-state index contributed by atoms with van der Waals surface area (Å²) >= 11 is 0. The third-order valence-corrected chi connectivity index (χ3v) is 3.80. The second-order valence-corrected chi connectivity index (χ2v) is 5.69. The van der Waals surface area contributed by atoms with Gasteiger partial charge in [-0.15, -0.1) is 0 Å². The summed E-state index contributed by atoms with van der Waals surface area (Å²) in [5.41, 5.74) is 2.23. The minimum atomic E-state index is -0.306. The van der Waals surface area contributed by atoms with Crippen LogP contribution in [0.15, 0.2) is 36.5 Å². The lowest BCUT2D eigenvalue weighted by Crippen LogP contribution is -2.08. The lowest BCUT2D eigenvalue weighted by molar-refractivity contribution is 0.627. The molecular weight excluding hydrogens is 291 g/mol. The maximum atomic E-state index is 14.3. The van der Waals surface area contributed by atoms with Gasteiger partial charge in [0.25, 0.3) is 0 Å². The van der Waals surface area contributed by atoms with Crippen molar-refractivity contribution in [2.45, 2.75) is 33.2 Å². The SMILES string of the molecule is CCCCNc1nc(C)nc2c(F)cn(Cc3ccccc3)c12. The van der Waals surface area contributed by atoms with Gasteiger partial charge in [-0.05, 0) is 18.9 Å². The van der Waals surface area contributed by atoms with E-state index in [0.717, 1.165) is 30.5 Å². The smallest absolute Gasteiger partial charge is 0.167 e. The van der Waals surface area contributed by atoms with Gasteiger partial charge in [-0.2, -0.15) is 0 Å².